The van der Waals surface area contributed by atoms with E-state index in [0.717, 1.165) is 28.5 Å². The van der Waals surface area contributed by atoms with Crippen LogP contribution in [0, 0.1) is 11.6 Å². The van der Waals surface area contributed by atoms with Crippen LogP contribution < -0.4 is 10.6 Å². The first-order valence-corrected chi connectivity index (χ1v) is 8.03. The van der Waals surface area contributed by atoms with Crippen molar-refractivity contribution in [2.24, 2.45) is 0 Å². The molecule has 3 rings (SSSR count). The number of hydrogen-bond acceptors (Lipinski definition) is 1. The summed E-state index contributed by atoms with van der Waals surface area (Å²) in [7, 11) is 0. The van der Waals surface area contributed by atoms with Crippen LogP contribution in [0.5, 0.6) is 0 Å². The number of halogens is 3. The molecular formula is C19H15ClF2N2O. The summed E-state index contributed by atoms with van der Waals surface area (Å²) < 4.78 is 26.4. The first-order valence-electron chi connectivity index (χ1n) is 7.65. The van der Waals surface area contributed by atoms with Gasteiger partial charge in [-0.05, 0) is 29.3 Å². The lowest BCUT2D eigenvalue weighted by Crippen LogP contribution is -2.31. The van der Waals surface area contributed by atoms with E-state index in [0.29, 0.717) is 0 Å². The van der Waals surface area contributed by atoms with Crippen molar-refractivity contribution < 1.29 is 13.6 Å². The number of anilines is 1. The number of urea groups is 1. The Morgan fingerprint density at radius 3 is 2.52 bits per heavy atom. The molecule has 1 unspecified atom stereocenters. The summed E-state index contributed by atoms with van der Waals surface area (Å²) in [6.45, 7) is 1.84. The fourth-order valence-electron chi connectivity index (χ4n) is 2.68. The van der Waals surface area contributed by atoms with Gasteiger partial charge >= 0.3 is 6.03 Å². The van der Waals surface area contributed by atoms with Crippen molar-refractivity contribution in [3.05, 3.63) is 76.8 Å². The molecule has 0 saturated carbocycles. The van der Waals surface area contributed by atoms with Crippen LogP contribution in [0.1, 0.15) is 18.5 Å². The van der Waals surface area contributed by atoms with E-state index in [1.165, 1.54) is 0 Å². The average molecular weight is 361 g/mol. The molecule has 0 aliphatic carbocycles. The third-order valence-corrected chi connectivity index (χ3v) is 4.21. The van der Waals surface area contributed by atoms with Gasteiger partial charge in [0.05, 0.1) is 16.8 Å². The van der Waals surface area contributed by atoms with Gasteiger partial charge in [-0.2, -0.15) is 0 Å². The van der Waals surface area contributed by atoms with Crippen molar-refractivity contribution in [3.8, 4) is 0 Å². The summed E-state index contributed by atoms with van der Waals surface area (Å²) in [4.78, 5) is 12.2. The topological polar surface area (TPSA) is 41.1 Å². The first kappa shape index (κ1) is 17.2. The molecule has 3 nitrogen and oxygen atoms in total. The number of hydrogen-bond donors (Lipinski definition) is 2. The summed E-state index contributed by atoms with van der Waals surface area (Å²) in [5.41, 5.74) is 0.952. The normalized spacial score (nSPS) is 12.0. The molecule has 1 atom stereocenters. The number of amides is 2. The lowest BCUT2D eigenvalue weighted by molar-refractivity contribution is 0.249. The van der Waals surface area contributed by atoms with Crippen LogP contribution >= 0.6 is 11.6 Å². The van der Waals surface area contributed by atoms with E-state index < -0.39 is 17.7 Å². The molecule has 0 spiro atoms. The molecule has 2 N–H and O–H groups in total. The van der Waals surface area contributed by atoms with Crippen LogP contribution in [0.2, 0.25) is 5.02 Å². The Morgan fingerprint density at radius 1 is 1.04 bits per heavy atom. The van der Waals surface area contributed by atoms with Crippen LogP contribution in [0.4, 0.5) is 19.3 Å². The van der Waals surface area contributed by atoms with Crippen molar-refractivity contribution in [3.63, 3.8) is 0 Å². The average Bonchev–Trinajstić information content (AvgIpc) is 2.59. The highest BCUT2D eigenvalue weighted by Crippen LogP contribution is 2.26. The highest BCUT2D eigenvalue weighted by atomic mass is 35.5. The van der Waals surface area contributed by atoms with Gasteiger partial charge in [0.15, 0.2) is 11.6 Å². The Kier molecular flexibility index (Phi) is 4.86. The predicted octanol–water partition coefficient (Wildman–Crippen LogP) is 5.65. The SMILES string of the molecule is CC(NC(=O)Nc1cc(F)c(F)cc1Cl)c1cccc2ccccc12. The third-order valence-electron chi connectivity index (χ3n) is 3.90. The Morgan fingerprint density at radius 2 is 1.72 bits per heavy atom. The van der Waals surface area contributed by atoms with E-state index in [1.54, 1.807) is 0 Å². The number of fused-ring (bicyclic) bond motifs is 1. The van der Waals surface area contributed by atoms with Gasteiger partial charge in [0, 0.05) is 6.07 Å². The van der Waals surface area contributed by atoms with E-state index in [4.69, 9.17) is 11.6 Å². The van der Waals surface area contributed by atoms with E-state index >= 15 is 0 Å². The van der Waals surface area contributed by atoms with Gasteiger partial charge in [0.2, 0.25) is 0 Å². The number of carbonyl (C=O) groups is 1. The van der Waals surface area contributed by atoms with Crippen molar-refractivity contribution in [2.75, 3.05) is 5.32 Å². The van der Waals surface area contributed by atoms with Crippen LogP contribution in [-0.2, 0) is 0 Å². The monoisotopic (exact) mass is 360 g/mol. The summed E-state index contributed by atoms with van der Waals surface area (Å²) in [6.07, 6.45) is 0. The summed E-state index contributed by atoms with van der Waals surface area (Å²) in [5.74, 6) is -2.15. The fourth-order valence-corrected chi connectivity index (χ4v) is 2.88. The van der Waals surface area contributed by atoms with Gasteiger partial charge in [-0.1, -0.05) is 54.1 Å². The molecular weight excluding hydrogens is 346 g/mol. The maximum Gasteiger partial charge on any atom is 0.319 e. The molecule has 0 radical (unpaired) electrons. The molecule has 6 heteroatoms. The molecule has 0 heterocycles. The highest BCUT2D eigenvalue weighted by Gasteiger charge is 2.15. The van der Waals surface area contributed by atoms with Gasteiger partial charge in [-0.3, -0.25) is 0 Å². The van der Waals surface area contributed by atoms with E-state index in [1.807, 2.05) is 49.4 Å². The van der Waals surface area contributed by atoms with E-state index in [2.05, 4.69) is 10.6 Å². The van der Waals surface area contributed by atoms with Gasteiger partial charge < -0.3 is 10.6 Å². The maximum atomic E-state index is 13.3. The van der Waals surface area contributed by atoms with E-state index in [9.17, 15) is 13.6 Å². The molecule has 0 fully saturated rings. The van der Waals surface area contributed by atoms with Crippen molar-refractivity contribution in [2.45, 2.75) is 13.0 Å². The lowest BCUT2D eigenvalue weighted by Gasteiger charge is -2.17. The molecule has 3 aromatic rings. The molecule has 0 aliphatic rings. The zero-order chi connectivity index (χ0) is 18.0. The van der Waals surface area contributed by atoms with Gasteiger partial charge in [0.25, 0.3) is 0 Å². The minimum Gasteiger partial charge on any atom is -0.331 e. The smallest absolute Gasteiger partial charge is 0.319 e. The zero-order valence-corrected chi connectivity index (χ0v) is 14.1. The third kappa shape index (κ3) is 3.72. The molecule has 2 amide bonds. The second kappa shape index (κ2) is 7.07. The standard InChI is InChI=1S/C19H15ClF2N2O/c1-11(13-8-4-6-12-5-2-3-7-14(12)13)23-19(25)24-18-10-17(22)16(21)9-15(18)20/h2-11H,1H3,(H2,23,24,25). The van der Waals surface area contributed by atoms with Crippen molar-refractivity contribution in [1.29, 1.82) is 0 Å². The van der Waals surface area contributed by atoms with Crippen molar-refractivity contribution in [1.82, 2.24) is 5.32 Å². The fraction of sp³-hybridized carbons (Fsp3) is 0.105. The number of nitrogens with one attached hydrogen (secondary N) is 2. The second-order valence-corrected chi connectivity index (χ2v) is 6.04. The summed E-state index contributed by atoms with van der Waals surface area (Å²) >= 11 is 5.83. The second-order valence-electron chi connectivity index (χ2n) is 5.63. The molecule has 128 valence electrons. The summed E-state index contributed by atoms with van der Waals surface area (Å²) in [5, 5.41) is 7.23. The number of rotatable bonds is 3. The Balaban J connectivity index is 1.78. The Bertz CT molecular complexity index is 941. The van der Waals surface area contributed by atoms with Crippen LogP contribution in [0.25, 0.3) is 10.8 Å². The van der Waals surface area contributed by atoms with Gasteiger partial charge in [-0.25, -0.2) is 13.6 Å². The van der Waals surface area contributed by atoms with Gasteiger partial charge in [0.1, 0.15) is 0 Å². The molecule has 25 heavy (non-hydrogen) atoms. The Hall–Kier alpha value is -2.66. The predicted molar refractivity (Wildman–Crippen MR) is 95.9 cm³/mol. The Labute approximate surface area is 148 Å². The largest absolute Gasteiger partial charge is 0.331 e. The lowest BCUT2D eigenvalue weighted by atomic mass is 10.00. The van der Waals surface area contributed by atoms with Gasteiger partial charge in [-0.15, -0.1) is 0 Å². The molecule has 0 saturated heterocycles. The molecule has 3 aromatic carbocycles. The zero-order valence-electron chi connectivity index (χ0n) is 13.3. The van der Waals surface area contributed by atoms with Crippen LogP contribution in [-0.4, -0.2) is 6.03 Å². The maximum absolute atomic E-state index is 13.3. The first-order chi connectivity index (χ1) is 12.0. The molecule has 0 aliphatic heterocycles. The van der Waals surface area contributed by atoms with E-state index in [-0.39, 0.29) is 16.8 Å². The quantitative estimate of drug-likeness (QED) is 0.582. The molecule has 0 bridgehead atoms. The van der Waals surface area contributed by atoms with Crippen LogP contribution in [0.3, 0.4) is 0 Å². The molecule has 0 aromatic heterocycles. The van der Waals surface area contributed by atoms with Crippen LogP contribution in [0.15, 0.2) is 54.6 Å². The highest BCUT2D eigenvalue weighted by molar-refractivity contribution is 6.33. The number of carbonyl (C=O) groups excluding carboxylic acids is 1. The minimum atomic E-state index is -1.08. The minimum absolute atomic E-state index is 0.00295. The summed E-state index contributed by atoms with van der Waals surface area (Å²) in [6, 6.07) is 14.5. The number of benzene rings is 3. The van der Waals surface area contributed by atoms with Crippen molar-refractivity contribution >= 4 is 34.1 Å².